The van der Waals surface area contributed by atoms with E-state index in [1.54, 1.807) is 11.3 Å². The van der Waals surface area contributed by atoms with Crippen molar-refractivity contribution in [3.8, 4) is 0 Å². The molecule has 0 saturated carbocycles. The van der Waals surface area contributed by atoms with E-state index in [0.717, 1.165) is 36.4 Å². The summed E-state index contributed by atoms with van der Waals surface area (Å²) in [5.41, 5.74) is 1.02. The van der Waals surface area contributed by atoms with E-state index in [9.17, 15) is 5.11 Å². The Bertz CT molecular complexity index is 486. The molecule has 0 amide bonds. The van der Waals surface area contributed by atoms with E-state index < -0.39 is 6.10 Å². The lowest BCUT2D eigenvalue weighted by atomic mass is 10.0. The lowest BCUT2D eigenvalue weighted by Gasteiger charge is -2.26. The van der Waals surface area contributed by atoms with E-state index in [-0.39, 0.29) is 6.10 Å². The lowest BCUT2D eigenvalue weighted by molar-refractivity contribution is -0.0611. The number of ether oxygens (including phenoxy) is 1. The van der Waals surface area contributed by atoms with Crippen molar-refractivity contribution < 1.29 is 9.84 Å². The van der Waals surface area contributed by atoms with Gasteiger partial charge in [-0.3, -0.25) is 0 Å². The molecule has 2 aromatic rings. The minimum Gasteiger partial charge on any atom is -0.390 e. The molecule has 2 heterocycles. The van der Waals surface area contributed by atoms with Gasteiger partial charge in [0.25, 0.3) is 0 Å². The predicted octanol–water partition coefficient (Wildman–Crippen LogP) is 2.77. The molecule has 2 unspecified atom stereocenters. The molecule has 18 heavy (non-hydrogen) atoms. The van der Waals surface area contributed by atoms with Gasteiger partial charge < -0.3 is 9.84 Å². The molecule has 1 aromatic heterocycles. The maximum absolute atomic E-state index is 10.2. The second-order valence-electron chi connectivity index (χ2n) is 4.75. The molecular weight excluding hydrogens is 246 g/mol. The Labute approximate surface area is 110 Å². The van der Waals surface area contributed by atoms with E-state index in [4.69, 9.17) is 4.74 Å². The summed E-state index contributed by atoms with van der Waals surface area (Å²) >= 11 is 1.66. The van der Waals surface area contributed by atoms with Gasteiger partial charge in [-0.2, -0.15) is 0 Å². The number of hydrogen-bond acceptors (Lipinski definition) is 4. The Balaban J connectivity index is 1.71. The van der Waals surface area contributed by atoms with Crippen LogP contribution in [-0.4, -0.2) is 28.9 Å². The van der Waals surface area contributed by atoms with Crippen molar-refractivity contribution in [3.05, 3.63) is 29.3 Å². The van der Waals surface area contributed by atoms with E-state index >= 15 is 0 Å². The number of para-hydroxylation sites is 1. The van der Waals surface area contributed by atoms with Crippen molar-refractivity contribution in [3.63, 3.8) is 0 Å². The number of aliphatic hydroxyl groups is 1. The molecule has 0 radical (unpaired) electrons. The molecule has 0 aliphatic carbocycles. The SMILES string of the molecule is OC(Cc1nc2ccccc2s1)C1CCCCO1. The van der Waals surface area contributed by atoms with E-state index in [1.165, 1.54) is 4.70 Å². The highest BCUT2D eigenvalue weighted by molar-refractivity contribution is 7.18. The summed E-state index contributed by atoms with van der Waals surface area (Å²) in [6.45, 7) is 0.779. The third-order valence-electron chi connectivity index (χ3n) is 3.37. The number of aromatic nitrogens is 1. The molecule has 3 nitrogen and oxygen atoms in total. The van der Waals surface area contributed by atoms with Gasteiger partial charge in [0, 0.05) is 13.0 Å². The second-order valence-corrected chi connectivity index (χ2v) is 5.87. The van der Waals surface area contributed by atoms with Crippen molar-refractivity contribution in [1.82, 2.24) is 4.98 Å². The molecule has 1 aliphatic heterocycles. The van der Waals surface area contributed by atoms with Crippen LogP contribution >= 0.6 is 11.3 Å². The largest absolute Gasteiger partial charge is 0.390 e. The molecule has 0 bridgehead atoms. The Kier molecular flexibility index (Phi) is 3.59. The Morgan fingerprint density at radius 2 is 2.28 bits per heavy atom. The van der Waals surface area contributed by atoms with Crippen molar-refractivity contribution in [2.45, 2.75) is 37.9 Å². The summed E-state index contributed by atoms with van der Waals surface area (Å²) in [6, 6.07) is 8.09. The van der Waals surface area contributed by atoms with Gasteiger partial charge in [-0.25, -0.2) is 4.98 Å². The Morgan fingerprint density at radius 1 is 1.39 bits per heavy atom. The topological polar surface area (TPSA) is 42.4 Å². The van der Waals surface area contributed by atoms with Crippen molar-refractivity contribution in [2.24, 2.45) is 0 Å². The fourth-order valence-corrected chi connectivity index (χ4v) is 3.40. The van der Waals surface area contributed by atoms with Gasteiger partial charge >= 0.3 is 0 Å². The third kappa shape index (κ3) is 2.55. The molecule has 4 heteroatoms. The minimum absolute atomic E-state index is 0.00855. The molecule has 1 fully saturated rings. The first kappa shape index (κ1) is 12.1. The third-order valence-corrected chi connectivity index (χ3v) is 4.42. The lowest BCUT2D eigenvalue weighted by Crippen LogP contribution is -2.33. The first-order valence-electron chi connectivity index (χ1n) is 6.47. The van der Waals surface area contributed by atoms with Crippen LogP contribution in [0.5, 0.6) is 0 Å². The van der Waals surface area contributed by atoms with Crippen LogP contribution in [0.3, 0.4) is 0 Å². The highest BCUT2D eigenvalue weighted by Crippen LogP contribution is 2.24. The fourth-order valence-electron chi connectivity index (χ4n) is 2.39. The second kappa shape index (κ2) is 5.34. The summed E-state index contributed by atoms with van der Waals surface area (Å²) in [7, 11) is 0. The maximum atomic E-state index is 10.2. The van der Waals surface area contributed by atoms with Crippen molar-refractivity contribution in [1.29, 1.82) is 0 Å². The van der Waals surface area contributed by atoms with Crippen LogP contribution < -0.4 is 0 Å². The summed E-state index contributed by atoms with van der Waals surface area (Å²) < 4.78 is 6.80. The number of benzene rings is 1. The van der Waals surface area contributed by atoms with Gasteiger partial charge in [0.05, 0.1) is 27.4 Å². The van der Waals surface area contributed by atoms with Crippen LogP contribution in [0.15, 0.2) is 24.3 Å². The quantitative estimate of drug-likeness (QED) is 0.926. The van der Waals surface area contributed by atoms with Crippen LogP contribution in [-0.2, 0) is 11.2 Å². The molecule has 1 aliphatic rings. The van der Waals surface area contributed by atoms with Gasteiger partial charge in [-0.1, -0.05) is 12.1 Å². The maximum Gasteiger partial charge on any atom is 0.0965 e. The molecular formula is C14H17NO2S. The number of aliphatic hydroxyl groups excluding tert-OH is 1. The van der Waals surface area contributed by atoms with Crippen molar-refractivity contribution in [2.75, 3.05) is 6.61 Å². The van der Waals surface area contributed by atoms with Crippen LogP contribution in [0.25, 0.3) is 10.2 Å². The van der Waals surface area contributed by atoms with Gasteiger partial charge in [0.15, 0.2) is 0 Å². The Hall–Kier alpha value is -0.970. The zero-order valence-electron chi connectivity index (χ0n) is 10.2. The summed E-state index contributed by atoms with van der Waals surface area (Å²) in [4.78, 5) is 4.55. The Morgan fingerprint density at radius 3 is 3.06 bits per heavy atom. The average molecular weight is 263 g/mol. The van der Waals surface area contributed by atoms with E-state index in [0.29, 0.717) is 6.42 Å². The van der Waals surface area contributed by atoms with Gasteiger partial charge in [0.1, 0.15) is 0 Å². The van der Waals surface area contributed by atoms with Crippen LogP contribution in [0, 0.1) is 0 Å². The molecule has 1 aromatic carbocycles. The minimum atomic E-state index is -0.425. The predicted molar refractivity (Wildman–Crippen MR) is 72.9 cm³/mol. The van der Waals surface area contributed by atoms with Crippen LogP contribution in [0.2, 0.25) is 0 Å². The highest BCUT2D eigenvalue weighted by Gasteiger charge is 2.23. The molecule has 3 rings (SSSR count). The molecule has 2 atom stereocenters. The highest BCUT2D eigenvalue weighted by atomic mass is 32.1. The summed E-state index contributed by atoms with van der Waals surface area (Å²) in [5, 5.41) is 11.2. The van der Waals surface area contributed by atoms with E-state index in [2.05, 4.69) is 11.1 Å². The fraction of sp³-hybridized carbons (Fsp3) is 0.500. The molecule has 96 valence electrons. The first-order valence-corrected chi connectivity index (χ1v) is 7.29. The van der Waals surface area contributed by atoms with Gasteiger partial charge in [-0.05, 0) is 31.4 Å². The zero-order chi connectivity index (χ0) is 12.4. The number of hydrogen-bond donors (Lipinski definition) is 1. The van der Waals surface area contributed by atoms with Crippen LogP contribution in [0.1, 0.15) is 24.3 Å². The summed E-state index contributed by atoms with van der Waals surface area (Å²) in [6.07, 6.45) is 3.40. The molecule has 0 spiro atoms. The first-order chi connectivity index (χ1) is 8.83. The number of thiazole rings is 1. The van der Waals surface area contributed by atoms with E-state index in [1.807, 2.05) is 18.2 Å². The zero-order valence-corrected chi connectivity index (χ0v) is 11.0. The van der Waals surface area contributed by atoms with Gasteiger partial charge in [-0.15, -0.1) is 11.3 Å². The normalized spacial score (nSPS) is 22.2. The number of fused-ring (bicyclic) bond motifs is 1. The monoisotopic (exact) mass is 263 g/mol. The average Bonchev–Trinajstić information content (AvgIpc) is 2.82. The molecule has 1 N–H and O–H groups in total. The summed E-state index contributed by atoms with van der Waals surface area (Å²) in [5.74, 6) is 0. The smallest absolute Gasteiger partial charge is 0.0965 e. The van der Waals surface area contributed by atoms with Crippen LogP contribution in [0.4, 0.5) is 0 Å². The molecule has 1 saturated heterocycles. The standard InChI is InChI=1S/C14H17NO2S/c16-11(12-6-3-4-8-17-12)9-14-15-10-5-1-2-7-13(10)18-14/h1-2,5,7,11-12,16H,3-4,6,8-9H2. The van der Waals surface area contributed by atoms with Gasteiger partial charge in [0.2, 0.25) is 0 Å². The number of rotatable bonds is 3. The number of nitrogens with zero attached hydrogens (tertiary/aromatic N) is 1. The van der Waals surface area contributed by atoms with Crippen molar-refractivity contribution >= 4 is 21.6 Å².